The summed E-state index contributed by atoms with van der Waals surface area (Å²) >= 11 is 1.87. The van der Waals surface area contributed by atoms with Crippen LogP contribution in [0.15, 0.2) is 28.7 Å². The molecule has 8 nitrogen and oxygen atoms in total. The van der Waals surface area contributed by atoms with E-state index in [4.69, 9.17) is 10.5 Å². The van der Waals surface area contributed by atoms with E-state index < -0.39 is 35.4 Å². The van der Waals surface area contributed by atoms with Gasteiger partial charge in [-0.05, 0) is 18.6 Å². The minimum atomic E-state index is -4.35. The lowest BCUT2D eigenvalue weighted by molar-refractivity contribution is -0.135. The molecule has 2 aliphatic rings. The number of hydrogen-bond donors (Lipinski definition) is 2. The zero-order valence-electron chi connectivity index (χ0n) is 16.5. The van der Waals surface area contributed by atoms with Crippen LogP contribution < -0.4 is 15.8 Å². The van der Waals surface area contributed by atoms with E-state index in [9.17, 15) is 26.7 Å². The van der Waals surface area contributed by atoms with Gasteiger partial charge in [0.15, 0.2) is 0 Å². The van der Waals surface area contributed by atoms with Gasteiger partial charge in [0.25, 0.3) is 11.9 Å². The molecule has 33 heavy (non-hydrogen) atoms. The summed E-state index contributed by atoms with van der Waals surface area (Å²) in [6.07, 6.45) is -3.58. The molecule has 0 bridgehead atoms. The van der Waals surface area contributed by atoms with Crippen LogP contribution in [0.5, 0.6) is 5.75 Å². The number of aliphatic imine (C=N–C) groups is 1. The Hall–Kier alpha value is -2.68. The standard InChI is InChI=1S/C18H16F5N5O3S2/c19-15(20)31-9-1-2-10(25-4-9)13(29)26-12-6-32-14(27-12)17-7-33-11(18(21,22)23)3-8(17)5-30-16(24)28-17/h1-2,4,6,8,11,15H,3,5,7H2,(H2,24,28)(H,26,29)/t8-,11+,17-/m1/s1. The number of nitrogens with two attached hydrogens (primary N) is 1. The van der Waals surface area contributed by atoms with Crippen molar-refractivity contribution in [3.63, 3.8) is 0 Å². The number of thioether (sulfide) groups is 1. The Labute approximate surface area is 191 Å². The molecular weight excluding hydrogens is 493 g/mol. The molecule has 4 rings (SSSR count). The summed E-state index contributed by atoms with van der Waals surface area (Å²) in [5, 5.41) is 2.90. The number of amides is 1. The monoisotopic (exact) mass is 509 g/mol. The molecule has 2 aliphatic heterocycles. The zero-order chi connectivity index (χ0) is 23.8. The number of ether oxygens (including phenoxy) is 2. The second kappa shape index (κ2) is 8.93. The van der Waals surface area contributed by atoms with Gasteiger partial charge in [0, 0.05) is 17.1 Å². The zero-order valence-corrected chi connectivity index (χ0v) is 18.1. The Morgan fingerprint density at radius 3 is 2.82 bits per heavy atom. The summed E-state index contributed by atoms with van der Waals surface area (Å²) in [7, 11) is 0. The fourth-order valence-corrected chi connectivity index (χ4v) is 6.04. The van der Waals surface area contributed by atoms with Crippen LogP contribution in [0.1, 0.15) is 21.9 Å². The number of rotatable bonds is 5. The Bertz CT molecular complexity index is 1050. The van der Waals surface area contributed by atoms with E-state index in [0.29, 0.717) is 5.01 Å². The van der Waals surface area contributed by atoms with Crippen molar-refractivity contribution < 1.29 is 36.2 Å². The van der Waals surface area contributed by atoms with Crippen molar-refractivity contribution in [2.75, 3.05) is 17.7 Å². The number of fused-ring (bicyclic) bond motifs is 1. The first-order chi connectivity index (χ1) is 15.6. The first-order valence-electron chi connectivity index (χ1n) is 9.41. The first-order valence-corrected chi connectivity index (χ1v) is 11.3. The predicted octanol–water partition coefficient (Wildman–Crippen LogP) is 3.62. The number of nitrogens with one attached hydrogen (secondary N) is 1. The summed E-state index contributed by atoms with van der Waals surface area (Å²) in [5.41, 5.74) is 4.55. The fourth-order valence-electron chi connectivity index (χ4n) is 3.52. The minimum Gasteiger partial charge on any atom is -0.465 e. The molecular formula is C18H16F5N5O3S2. The molecule has 15 heteroatoms. The van der Waals surface area contributed by atoms with Gasteiger partial charge in [-0.15, -0.1) is 23.1 Å². The molecule has 3 N–H and O–H groups in total. The molecule has 1 fully saturated rings. The molecule has 0 aromatic carbocycles. The average Bonchev–Trinajstić information content (AvgIpc) is 3.21. The Morgan fingerprint density at radius 2 is 2.15 bits per heavy atom. The summed E-state index contributed by atoms with van der Waals surface area (Å²) in [5.74, 6) is -1.32. The van der Waals surface area contributed by atoms with Crippen molar-refractivity contribution in [2.45, 2.75) is 30.0 Å². The third-order valence-electron chi connectivity index (χ3n) is 5.10. The van der Waals surface area contributed by atoms with E-state index in [1.54, 1.807) is 0 Å². The number of nitrogens with zero attached hydrogens (tertiary/aromatic N) is 3. The summed E-state index contributed by atoms with van der Waals surface area (Å²) in [6.45, 7) is -3.05. The van der Waals surface area contributed by atoms with Gasteiger partial charge in [-0.2, -0.15) is 22.0 Å². The maximum atomic E-state index is 13.3. The van der Waals surface area contributed by atoms with Crippen LogP contribution in [0.3, 0.4) is 0 Å². The molecule has 4 heterocycles. The van der Waals surface area contributed by atoms with Crippen LogP contribution in [-0.4, -0.2) is 52.3 Å². The number of halogens is 5. The molecule has 2 aromatic heterocycles. The van der Waals surface area contributed by atoms with Crippen LogP contribution in [0.4, 0.5) is 27.8 Å². The number of thiazole rings is 1. The summed E-state index contributed by atoms with van der Waals surface area (Å²) in [6, 6.07) is 2.24. The van der Waals surface area contributed by atoms with Crippen molar-refractivity contribution >= 4 is 40.8 Å². The van der Waals surface area contributed by atoms with E-state index in [0.717, 1.165) is 29.3 Å². The summed E-state index contributed by atoms with van der Waals surface area (Å²) < 4.78 is 73.6. The minimum absolute atomic E-state index is 0.0000419. The van der Waals surface area contributed by atoms with Gasteiger partial charge in [0.2, 0.25) is 0 Å². The van der Waals surface area contributed by atoms with Crippen LogP contribution in [0.25, 0.3) is 0 Å². The highest BCUT2D eigenvalue weighted by Crippen LogP contribution is 2.52. The highest BCUT2D eigenvalue weighted by atomic mass is 32.2. The van der Waals surface area contributed by atoms with E-state index in [2.05, 4.69) is 25.0 Å². The number of alkyl halides is 5. The van der Waals surface area contributed by atoms with Crippen LogP contribution in [-0.2, 0) is 10.3 Å². The normalized spacial score (nSPS) is 25.1. The van der Waals surface area contributed by atoms with Crippen molar-refractivity contribution in [1.29, 1.82) is 0 Å². The van der Waals surface area contributed by atoms with Gasteiger partial charge in [-0.25, -0.2) is 15.0 Å². The van der Waals surface area contributed by atoms with Crippen LogP contribution in [0.2, 0.25) is 0 Å². The number of aromatic nitrogens is 2. The number of carbonyl (C=O) groups is 1. The van der Waals surface area contributed by atoms with Crippen molar-refractivity contribution in [3.05, 3.63) is 34.4 Å². The topological polar surface area (TPSA) is 112 Å². The van der Waals surface area contributed by atoms with E-state index in [1.807, 2.05) is 0 Å². The maximum Gasteiger partial charge on any atom is 0.400 e. The van der Waals surface area contributed by atoms with E-state index in [1.165, 1.54) is 17.5 Å². The Morgan fingerprint density at radius 1 is 1.36 bits per heavy atom. The molecule has 0 aliphatic carbocycles. The van der Waals surface area contributed by atoms with E-state index >= 15 is 0 Å². The number of pyridine rings is 1. The maximum absolute atomic E-state index is 13.3. The second-order valence-corrected chi connectivity index (χ2v) is 9.26. The third-order valence-corrected chi connectivity index (χ3v) is 7.57. The third kappa shape index (κ3) is 4.98. The summed E-state index contributed by atoms with van der Waals surface area (Å²) in [4.78, 5) is 24.9. The fraction of sp³-hybridized carbons (Fsp3) is 0.444. The van der Waals surface area contributed by atoms with Crippen LogP contribution in [0, 0.1) is 5.92 Å². The average molecular weight is 509 g/mol. The number of hydrogen-bond acceptors (Lipinski definition) is 9. The van der Waals surface area contributed by atoms with Crippen molar-refractivity contribution in [1.82, 2.24) is 9.97 Å². The van der Waals surface area contributed by atoms with Crippen molar-refractivity contribution in [2.24, 2.45) is 16.6 Å². The number of carbonyl (C=O) groups excluding carboxylic acids is 1. The van der Waals surface area contributed by atoms with Gasteiger partial charge in [0.1, 0.15) is 33.1 Å². The largest absolute Gasteiger partial charge is 0.465 e. The Kier molecular flexibility index (Phi) is 6.35. The molecule has 0 saturated carbocycles. The van der Waals surface area contributed by atoms with Gasteiger partial charge in [-0.3, -0.25) is 4.79 Å². The highest BCUT2D eigenvalue weighted by Gasteiger charge is 2.55. The second-order valence-electron chi connectivity index (χ2n) is 7.21. The van der Waals surface area contributed by atoms with Crippen molar-refractivity contribution in [3.8, 4) is 5.75 Å². The SMILES string of the molecule is NC1=N[C@]2(c3nc(NC(=O)c4ccc(OC(F)F)cn4)cs3)CS[C@H](C(F)(F)F)C[C@@H]2CO1. The molecule has 0 unspecified atom stereocenters. The van der Waals surface area contributed by atoms with Gasteiger partial charge < -0.3 is 20.5 Å². The predicted molar refractivity (Wildman–Crippen MR) is 111 cm³/mol. The lowest BCUT2D eigenvalue weighted by Crippen LogP contribution is -2.51. The first kappa shape index (κ1) is 23.5. The van der Waals surface area contributed by atoms with Gasteiger partial charge >= 0.3 is 12.8 Å². The molecule has 2 aromatic rings. The number of amidine groups is 1. The molecule has 0 spiro atoms. The molecule has 0 radical (unpaired) electrons. The molecule has 1 amide bonds. The Balaban J connectivity index is 1.52. The quantitative estimate of drug-likeness (QED) is 0.593. The molecule has 1 saturated heterocycles. The van der Waals surface area contributed by atoms with E-state index in [-0.39, 0.29) is 42.1 Å². The lowest BCUT2D eigenvalue weighted by atomic mass is 9.82. The highest BCUT2D eigenvalue weighted by molar-refractivity contribution is 8.00. The van der Waals surface area contributed by atoms with Gasteiger partial charge in [-0.1, -0.05) is 0 Å². The molecule has 178 valence electrons. The lowest BCUT2D eigenvalue weighted by Gasteiger charge is -2.44. The molecule has 3 atom stereocenters. The van der Waals surface area contributed by atoms with Crippen LogP contribution >= 0.6 is 23.1 Å². The van der Waals surface area contributed by atoms with Gasteiger partial charge in [0.05, 0.1) is 12.8 Å². The number of anilines is 1. The smallest absolute Gasteiger partial charge is 0.400 e.